The molecule has 0 fully saturated rings. The Morgan fingerprint density at radius 2 is 2.00 bits per heavy atom. The van der Waals surface area contributed by atoms with Gasteiger partial charge in [0.1, 0.15) is 18.4 Å². The van der Waals surface area contributed by atoms with Crippen LogP contribution in [0.5, 0.6) is 5.75 Å². The van der Waals surface area contributed by atoms with Crippen molar-refractivity contribution in [2.75, 3.05) is 18.6 Å². The molecule has 0 radical (unpaired) electrons. The highest BCUT2D eigenvalue weighted by Gasteiger charge is 2.43. The van der Waals surface area contributed by atoms with E-state index in [0.717, 1.165) is 0 Å². The summed E-state index contributed by atoms with van der Waals surface area (Å²) in [5.74, 6) is -2.07. The van der Waals surface area contributed by atoms with Crippen LogP contribution >= 0.6 is 0 Å². The average Bonchev–Trinajstić information content (AvgIpc) is 3.00. The Morgan fingerprint density at radius 3 is 2.73 bits per heavy atom. The van der Waals surface area contributed by atoms with Crippen LogP contribution in [0.1, 0.15) is 28.2 Å². The number of carbonyl (C=O) groups is 2. The molecule has 4 rings (SSSR count). The number of nitrogens with one attached hydrogen (secondary N) is 1. The van der Waals surface area contributed by atoms with E-state index in [1.165, 1.54) is 9.58 Å². The van der Waals surface area contributed by atoms with E-state index in [1.54, 1.807) is 38.4 Å². The maximum Gasteiger partial charge on any atom is 0.392 e. The summed E-state index contributed by atoms with van der Waals surface area (Å²) in [5.41, 5.74) is 1.41. The Hall–Kier alpha value is -3.04. The van der Waals surface area contributed by atoms with Crippen LogP contribution in [-0.4, -0.2) is 47.5 Å². The highest BCUT2D eigenvalue weighted by Crippen LogP contribution is 2.38. The molecule has 1 aromatic carbocycles. The fourth-order valence-corrected chi connectivity index (χ4v) is 4.03. The zero-order valence-electron chi connectivity index (χ0n) is 16.5. The van der Waals surface area contributed by atoms with E-state index in [-0.39, 0.29) is 37.5 Å². The molecule has 30 heavy (non-hydrogen) atoms. The number of para-hydroxylation sites is 2. The third-order valence-electron chi connectivity index (χ3n) is 5.70. The number of anilines is 1. The van der Waals surface area contributed by atoms with Gasteiger partial charge in [0, 0.05) is 25.4 Å². The van der Waals surface area contributed by atoms with Crippen molar-refractivity contribution < 1.29 is 27.5 Å². The second kappa shape index (κ2) is 7.33. The third-order valence-corrected chi connectivity index (χ3v) is 5.70. The predicted molar refractivity (Wildman–Crippen MR) is 101 cm³/mol. The van der Waals surface area contributed by atoms with Crippen molar-refractivity contribution >= 4 is 17.5 Å². The van der Waals surface area contributed by atoms with Gasteiger partial charge in [0.25, 0.3) is 11.8 Å². The van der Waals surface area contributed by atoms with Gasteiger partial charge in [0.05, 0.1) is 11.6 Å². The number of ether oxygens (including phenoxy) is 1. The minimum absolute atomic E-state index is 0.0326. The van der Waals surface area contributed by atoms with Gasteiger partial charge in [-0.1, -0.05) is 12.1 Å². The zero-order valence-corrected chi connectivity index (χ0v) is 16.5. The summed E-state index contributed by atoms with van der Waals surface area (Å²) in [6, 6.07) is 5.99. The van der Waals surface area contributed by atoms with E-state index >= 15 is 0 Å². The molecule has 2 atom stereocenters. The van der Waals surface area contributed by atoms with Gasteiger partial charge < -0.3 is 15.0 Å². The lowest BCUT2D eigenvalue weighted by Crippen LogP contribution is -2.49. The van der Waals surface area contributed by atoms with Crippen molar-refractivity contribution in [3.63, 3.8) is 0 Å². The summed E-state index contributed by atoms with van der Waals surface area (Å²) in [5, 5.41) is 6.75. The molecule has 2 aromatic rings. The van der Waals surface area contributed by atoms with Gasteiger partial charge in [-0.25, -0.2) is 0 Å². The maximum atomic E-state index is 13.2. The molecule has 0 bridgehead atoms. The van der Waals surface area contributed by atoms with Crippen LogP contribution in [0.2, 0.25) is 0 Å². The summed E-state index contributed by atoms with van der Waals surface area (Å²) < 4.78 is 46.8. The second-order valence-electron chi connectivity index (χ2n) is 7.58. The van der Waals surface area contributed by atoms with Crippen molar-refractivity contribution in [3.8, 4) is 5.75 Å². The van der Waals surface area contributed by atoms with E-state index in [0.29, 0.717) is 22.7 Å². The van der Waals surface area contributed by atoms with Crippen LogP contribution in [0.25, 0.3) is 0 Å². The number of aromatic nitrogens is 2. The number of rotatable bonds is 2. The normalized spacial score (nSPS) is 21.4. The third kappa shape index (κ3) is 3.50. The summed E-state index contributed by atoms with van der Waals surface area (Å²) in [6.45, 7) is -0.0911. The van der Waals surface area contributed by atoms with E-state index < -0.39 is 24.0 Å². The minimum atomic E-state index is -4.33. The average molecular weight is 422 g/mol. The Kier molecular flexibility index (Phi) is 4.95. The molecule has 1 N–H and O–H groups in total. The molecule has 2 aliphatic rings. The Labute approximate surface area is 170 Å². The fourth-order valence-electron chi connectivity index (χ4n) is 4.03. The van der Waals surface area contributed by atoms with Gasteiger partial charge in [-0.05, 0) is 31.4 Å². The number of aryl methyl sites for hydroxylation is 1. The molecule has 0 saturated heterocycles. The van der Waals surface area contributed by atoms with Crippen LogP contribution in [0.3, 0.4) is 0 Å². The first-order chi connectivity index (χ1) is 14.2. The number of hydrogen-bond donors (Lipinski definition) is 1. The molecule has 10 heteroatoms. The smallest absolute Gasteiger partial charge is 0.392 e. The largest absolute Gasteiger partial charge is 0.489 e. The fraction of sp³-hybridized carbons (Fsp3) is 0.450. The van der Waals surface area contributed by atoms with E-state index in [9.17, 15) is 22.8 Å². The summed E-state index contributed by atoms with van der Waals surface area (Å²) >= 11 is 0. The van der Waals surface area contributed by atoms with Crippen molar-refractivity contribution in [2.45, 2.75) is 31.5 Å². The number of nitrogens with zero attached hydrogens (tertiary/aromatic N) is 3. The number of halogens is 3. The second-order valence-corrected chi connectivity index (χ2v) is 7.58. The minimum Gasteiger partial charge on any atom is -0.489 e. The SMILES string of the molecule is CN1C(=O)[C@@H](NC(=O)c2nn(C)c3c2CC(C(F)(F)F)CC3)COc2ccccc21. The van der Waals surface area contributed by atoms with Gasteiger partial charge in [-0.15, -0.1) is 0 Å². The van der Waals surface area contributed by atoms with Crippen molar-refractivity contribution in [1.82, 2.24) is 15.1 Å². The molecular formula is C20H21F3N4O3. The van der Waals surface area contributed by atoms with E-state index in [1.807, 2.05) is 0 Å². The predicted octanol–water partition coefficient (Wildman–Crippen LogP) is 2.24. The van der Waals surface area contributed by atoms with E-state index in [2.05, 4.69) is 10.4 Å². The summed E-state index contributed by atoms with van der Waals surface area (Å²) in [7, 11) is 3.18. The molecule has 160 valence electrons. The van der Waals surface area contributed by atoms with Crippen LogP contribution in [0.15, 0.2) is 24.3 Å². The van der Waals surface area contributed by atoms with Crippen molar-refractivity contribution in [2.24, 2.45) is 13.0 Å². The first-order valence-electron chi connectivity index (χ1n) is 9.58. The lowest BCUT2D eigenvalue weighted by molar-refractivity contribution is -0.177. The first-order valence-corrected chi connectivity index (χ1v) is 9.58. The monoisotopic (exact) mass is 422 g/mol. The highest BCUT2D eigenvalue weighted by atomic mass is 19.4. The van der Waals surface area contributed by atoms with Crippen LogP contribution < -0.4 is 15.0 Å². The molecular weight excluding hydrogens is 401 g/mol. The van der Waals surface area contributed by atoms with Gasteiger partial charge in [0.2, 0.25) is 0 Å². The number of alkyl halides is 3. The van der Waals surface area contributed by atoms with Crippen LogP contribution in [0.4, 0.5) is 18.9 Å². The van der Waals surface area contributed by atoms with Gasteiger partial charge >= 0.3 is 6.18 Å². The standard InChI is InChI=1S/C20H21F3N4O3/c1-26-15-5-3-4-6-16(15)30-10-13(19(26)29)24-18(28)17-12-9-11(20(21,22)23)7-8-14(12)27(2)25-17/h3-6,11,13H,7-10H2,1-2H3,(H,24,28)/t11?,13-/m0/s1. The molecule has 1 aliphatic heterocycles. The Bertz CT molecular complexity index is 1000. The lowest BCUT2D eigenvalue weighted by Gasteiger charge is -2.25. The molecule has 2 amide bonds. The topological polar surface area (TPSA) is 76.5 Å². The molecule has 7 nitrogen and oxygen atoms in total. The Balaban J connectivity index is 1.56. The summed E-state index contributed by atoms with van der Waals surface area (Å²) in [6.07, 6.45) is -4.47. The molecule has 0 spiro atoms. The van der Waals surface area contributed by atoms with Crippen molar-refractivity contribution in [1.29, 1.82) is 0 Å². The number of fused-ring (bicyclic) bond motifs is 2. The van der Waals surface area contributed by atoms with Gasteiger partial charge in [-0.2, -0.15) is 18.3 Å². The molecule has 2 heterocycles. The van der Waals surface area contributed by atoms with Crippen LogP contribution in [0, 0.1) is 5.92 Å². The maximum absolute atomic E-state index is 13.2. The van der Waals surface area contributed by atoms with Crippen molar-refractivity contribution in [3.05, 3.63) is 41.2 Å². The number of amides is 2. The number of likely N-dealkylation sites (N-methyl/N-ethyl adjacent to an activating group) is 1. The van der Waals surface area contributed by atoms with E-state index in [4.69, 9.17) is 4.74 Å². The number of benzene rings is 1. The van der Waals surface area contributed by atoms with Gasteiger partial charge in [-0.3, -0.25) is 14.3 Å². The lowest BCUT2D eigenvalue weighted by atomic mass is 9.85. The van der Waals surface area contributed by atoms with Gasteiger partial charge in [0.15, 0.2) is 5.69 Å². The number of carbonyl (C=O) groups excluding carboxylic acids is 2. The quantitative estimate of drug-likeness (QED) is 0.806. The Morgan fingerprint density at radius 1 is 1.27 bits per heavy atom. The first kappa shape index (κ1) is 20.2. The summed E-state index contributed by atoms with van der Waals surface area (Å²) in [4.78, 5) is 27.1. The molecule has 1 unspecified atom stereocenters. The molecule has 1 aliphatic carbocycles. The molecule has 1 aromatic heterocycles. The number of hydrogen-bond acceptors (Lipinski definition) is 4. The molecule has 0 saturated carbocycles. The zero-order chi connectivity index (χ0) is 21.6. The van der Waals surface area contributed by atoms with Crippen LogP contribution in [-0.2, 0) is 24.7 Å². The highest BCUT2D eigenvalue weighted by molar-refractivity contribution is 6.03.